The summed E-state index contributed by atoms with van der Waals surface area (Å²) in [5.74, 6) is -0.390. The van der Waals surface area contributed by atoms with E-state index in [1.807, 2.05) is 27.7 Å². The molecule has 116 valence electrons. The average Bonchev–Trinajstić information content (AvgIpc) is 2.62. The molecule has 0 N–H and O–H groups in total. The molecule has 0 bridgehead atoms. The van der Waals surface area contributed by atoms with Crippen LogP contribution < -0.4 is 11.0 Å². The van der Waals surface area contributed by atoms with Crippen LogP contribution in [-0.4, -0.2) is 22.9 Å². The molecule has 1 aromatic carbocycles. The standard InChI is InChI=1S/C16H19BFNO3/c1-15(2)16(3,4)22-17(21-15)13-9-19(5)14(20)11-7-6-10(18)8-12(11)13/h6-9H,1-5H3. The third-order valence-corrected chi connectivity index (χ3v) is 4.68. The molecule has 0 unspecified atom stereocenters. The van der Waals surface area contributed by atoms with E-state index in [0.29, 0.717) is 16.2 Å². The van der Waals surface area contributed by atoms with Crippen LogP contribution >= 0.6 is 0 Å². The molecule has 0 amide bonds. The quantitative estimate of drug-likeness (QED) is 0.756. The normalized spacial score (nSPS) is 19.8. The van der Waals surface area contributed by atoms with Gasteiger partial charge in [-0.25, -0.2) is 4.39 Å². The van der Waals surface area contributed by atoms with Crippen molar-refractivity contribution in [3.63, 3.8) is 0 Å². The highest BCUT2D eigenvalue weighted by atomic mass is 19.1. The molecule has 4 nitrogen and oxygen atoms in total. The van der Waals surface area contributed by atoms with E-state index in [0.717, 1.165) is 0 Å². The van der Waals surface area contributed by atoms with E-state index in [2.05, 4.69) is 0 Å². The molecule has 0 saturated carbocycles. The summed E-state index contributed by atoms with van der Waals surface area (Å²) in [5.41, 5.74) is -0.497. The van der Waals surface area contributed by atoms with Crippen LogP contribution in [0.25, 0.3) is 10.8 Å². The molecular weight excluding hydrogens is 284 g/mol. The summed E-state index contributed by atoms with van der Waals surface area (Å²) in [5, 5.41) is 0.984. The van der Waals surface area contributed by atoms with Crippen LogP contribution in [0.2, 0.25) is 0 Å². The smallest absolute Gasteiger partial charge is 0.399 e. The van der Waals surface area contributed by atoms with Crippen molar-refractivity contribution in [3.8, 4) is 0 Å². The predicted molar refractivity (Wildman–Crippen MR) is 84.9 cm³/mol. The Morgan fingerprint density at radius 3 is 2.27 bits per heavy atom. The Bertz CT molecular complexity index is 797. The van der Waals surface area contributed by atoms with E-state index >= 15 is 0 Å². The lowest BCUT2D eigenvalue weighted by molar-refractivity contribution is 0.00578. The van der Waals surface area contributed by atoms with Gasteiger partial charge in [-0.05, 0) is 51.3 Å². The maximum absolute atomic E-state index is 13.6. The first-order valence-electron chi connectivity index (χ1n) is 7.27. The number of aryl methyl sites for hydroxylation is 1. The number of aromatic nitrogens is 1. The first-order valence-corrected chi connectivity index (χ1v) is 7.27. The van der Waals surface area contributed by atoms with Crippen molar-refractivity contribution < 1.29 is 13.7 Å². The molecule has 22 heavy (non-hydrogen) atoms. The average molecular weight is 303 g/mol. The summed E-state index contributed by atoms with van der Waals surface area (Å²) in [4.78, 5) is 12.2. The van der Waals surface area contributed by atoms with Gasteiger partial charge in [-0.3, -0.25) is 4.79 Å². The van der Waals surface area contributed by atoms with Crippen LogP contribution in [0.1, 0.15) is 27.7 Å². The highest BCUT2D eigenvalue weighted by Gasteiger charge is 2.52. The summed E-state index contributed by atoms with van der Waals surface area (Å²) >= 11 is 0. The molecule has 2 heterocycles. The molecule has 1 fully saturated rings. The SMILES string of the molecule is Cn1cc(B2OC(C)(C)C(C)(C)O2)c2cc(F)ccc2c1=O. The molecular formula is C16H19BFNO3. The number of nitrogens with zero attached hydrogens (tertiary/aromatic N) is 1. The minimum absolute atomic E-state index is 0.171. The fourth-order valence-electron chi connectivity index (χ4n) is 2.63. The van der Waals surface area contributed by atoms with Crippen molar-refractivity contribution in [1.82, 2.24) is 4.57 Å². The second kappa shape index (κ2) is 4.67. The molecule has 0 radical (unpaired) electrons. The van der Waals surface area contributed by atoms with Crippen LogP contribution in [0.4, 0.5) is 4.39 Å². The fraction of sp³-hybridized carbons (Fsp3) is 0.438. The van der Waals surface area contributed by atoms with Gasteiger partial charge < -0.3 is 13.9 Å². The van der Waals surface area contributed by atoms with Gasteiger partial charge in [0.05, 0.1) is 11.2 Å². The maximum Gasteiger partial charge on any atom is 0.496 e. The molecule has 6 heteroatoms. The van der Waals surface area contributed by atoms with Crippen LogP contribution in [0, 0.1) is 5.82 Å². The van der Waals surface area contributed by atoms with E-state index in [4.69, 9.17) is 9.31 Å². The van der Waals surface area contributed by atoms with E-state index in [1.54, 1.807) is 13.2 Å². The number of hydrogen-bond donors (Lipinski definition) is 0. The summed E-state index contributed by atoms with van der Waals surface area (Å²) in [6.07, 6.45) is 1.66. The summed E-state index contributed by atoms with van der Waals surface area (Å²) in [7, 11) is 1.03. The zero-order valence-corrected chi connectivity index (χ0v) is 13.4. The molecule has 0 atom stereocenters. The lowest BCUT2D eigenvalue weighted by atomic mass is 9.77. The lowest BCUT2D eigenvalue weighted by Gasteiger charge is -2.32. The minimum Gasteiger partial charge on any atom is -0.399 e. The Kier molecular flexibility index (Phi) is 3.24. The van der Waals surface area contributed by atoms with Crippen LogP contribution in [0.15, 0.2) is 29.2 Å². The third kappa shape index (κ3) is 2.18. The van der Waals surface area contributed by atoms with Crippen LogP contribution in [0.5, 0.6) is 0 Å². The molecule has 0 aliphatic carbocycles. The number of benzene rings is 1. The second-order valence-electron chi connectivity index (χ2n) is 6.78. The summed E-state index contributed by atoms with van der Waals surface area (Å²) in [6.45, 7) is 7.82. The number of pyridine rings is 1. The van der Waals surface area contributed by atoms with Gasteiger partial charge in [0.1, 0.15) is 5.82 Å². The molecule has 1 aliphatic rings. The molecule has 2 aromatic rings. The predicted octanol–water partition coefficient (Wildman–Crippen LogP) is 1.98. The molecule has 1 aromatic heterocycles. The molecule has 3 rings (SSSR count). The summed E-state index contributed by atoms with van der Waals surface area (Å²) in [6, 6.07) is 4.15. The highest BCUT2D eigenvalue weighted by molar-refractivity contribution is 6.65. The number of fused-ring (bicyclic) bond motifs is 1. The Morgan fingerprint density at radius 1 is 1.09 bits per heavy atom. The van der Waals surface area contributed by atoms with Crippen molar-refractivity contribution in [2.45, 2.75) is 38.9 Å². The van der Waals surface area contributed by atoms with Gasteiger partial charge >= 0.3 is 7.12 Å². The Morgan fingerprint density at radius 2 is 1.68 bits per heavy atom. The van der Waals surface area contributed by atoms with E-state index in [-0.39, 0.29) is 5.56 Å². The van der Waals surface area contributed by atoms with Crippen molar-refractivity contribution in [2.24, 2.45) is 7.05 Å². The third-order valence-electron chi connectivity index (χ3n) is 4.68. The van der Waals surface area contributed by atoms with Gasteiger partial charge in [0, 0.05) is 24.1 Å². The minimum atomic E-state index is -0.638. The highest BCUT2D eigenvalue weighted by Crippen LogP contribution is 2.36. The number of rotatable bonds is 1. The van der Waals surface area contributed by atoms with Crippen molar-refractivity contribution in [1.29, 1.82) is 0 Å². The number of halogens is 1. The van der Waals surface area contributed by atoms with Gasteiger partial charge in [-0.2, -0.15) is 0 Å². The van der Waals surface area contributed by atoms with Gasteiger partial charge in [0.15, 0.2) is 0 Å². The maximum atomic E-state index is 13.6. The first-order chi connectivity index (χ1) is 10.1. The van der Waals surface area contributed by atoms with E-state index in [9.17, 15) is 9.18 Å². The second-order valence-corrected chi connectivity index (χ2v) is 6.78. The van der Waals surface area contributed by atoms with Crippen LogP contribution in [-0.2, 0) is 16.4 Å². The van der Waals surface area contributed by atoms with Crippen LogP contribution in [0.3, 0.4) is 0 Å². The lowest BCUT2D eigenvalue weighted by Crippen LogP contribution is -2.41. The van der Waals surface area contributed by atoms with Crippen molar-refractivity contribution in [3.05, 3.63) is 40.6 Å². The topological polar surface area (TPSA) is 40.5 Å². The fourth-order valence-corrected chi connectivity index (χ4v) is 2.63. The largest absolute Gasteiger partial charge is 0.496 e. The van der Waals surface area contributed by atoms with Gasteiger partial charge in [0.2, 0.25) is 0 Å². The Labute approximate surface area is 129 Å². The monoisotopic (exact) mass is 303 g/mol. The van der Waals surface area contributed by atoms with E-state index in [1.165, 1.54) is 22.8 Å². The van der Waals surface area contributed by atoms with Crippen molar-refractivity contribution >= 4 is 23.4 Å². The van der Waals surface area contributed by atoms with Gasteiger partial charge in [-0.15, -0.1) is 0 Å². The molecule has 0 spiro atoms. The first kappa shape index (κ1) is 15.2. The zero-order valence-electron chi connectivity index (χ0n) is 13.4. The van der Waals surface area contributed by atoms with E-state index < -0.39 is 24.1 Å². The Balaban J connectivity index is 2.22. The van der Waals surface area contributed by atoms with Crippen molar-refractivity contribution in [2.75, 3.05) is 0 Å². The van der Waals surface area contributed by atoms with Gasteiger partial charge in [0.25, 0.3) is 5.56 Å². The summed E-state index contributed by atoms with van der Waals surface area (Å²) < 4.78 is 27.2. The molecule has 1 saturated heterocycles. The van der Waals surface area contributed by atoms with Gasteiger partial charge in [-0.1, -0.05) is 0 Å². The zero-order chi connectivity index (χ0) is 16.3. The number of hydrogen-bond acceptors (Lipinski definition) is 3. The Hall–Kier alpha value is -1.66. The molecule has 1 aliphatic heterocycles.